The molecule has 2 aromatic heterocycles. The first-order valence-corrected chi connectivity index (χ1v) is 11.0. The summed E-state index contributed by atoms with van der Waals surface area (Å²) in [6, 6.07) is 13.9. The molecule has 0 spiro atoms. The molecule has 0 bridgehead atoms. The molecule has 1 saturated heterocycles. The molecule has 0 N–H and O–H groups in total. The van der Waals surface area contributed by atoms with Crippen LogP contribution in [0, 0.1) is 19.8 Å². The van der Waals surface area contributed by atoms with Crippen LogP contribution in [0.5, 0.6) is 0 Å². The zero-order valence-electron chi connectivity index (χ0n) is 18.5. The lowest BCUT2D eigenvalue weighted by Gasteiger charge is -2.21. The summed E-state index contributed by atoms with van der Waals surface area (Å²) in [5.74, 6) is 1.01. The number of rotatable bonds is 3. The molecule has 0 radical (unpaired) electrons. The highest BCUT2D eigenvalue weighted by Gasteiger charge is 2.37. The molecule has 4 aromatic rings. The third-order valence-electron chi connectivity index (χ3n) is 6.34. The van der Waals surface area contributed by atoms with Gasteiger partial charge in [0.1, 0.15) is 5.69 Å². The van der Waals surface area contributed by atoms with Crippen LogP contribution in [-0.4, -0.2) is 55.4 Å². The predicted octanol–water partition coefficient (Wildman–Crippen LogP) is 3.30. The summed E-state index contributed by atoms with van der Waals surface area (Å²) in [5.41, 5.74) is 4.49. The van der Waals surface area contributed by atoms with Gasteiger partial charge in [0, 0.05) is 48.5 Å². The Morgan fingerprint density at radius 1 is 0.970 bits per heavy atom. The van der Waals surface area contributed by atoms with E-state index in [1.165, 1.54) is 5.57 Å². The number of fused-ring (bicyclic) bond motifs is 2. The second-order valence-corrected chi connectivity index (χ2v) is 8.69. The zero-order valence-corrected chi connectivity index (χ0v) is 18.5. The maximum absolute atomic E-state index is 13.7. The number of hydrogen-bond donors (Lipinski definition) is 0. The molecule has 2 aliphatic heterocycles. The molecule has 8 heteroatoms. The van der Waals surface area contributed by atoms with E-state index in [2.05, 4.69) is 31.3 Å². The fourth-order valence-corrected chi connectivity index (χ4v) is 4.88. The Balaban J connectivity index is 1.31. The van der Waals surface area contributed by atoms with Crippen LogP contribution < -0.4 is 4.90 Å². The van der Waals surface area contributed by atoms with Crippen LogP contribution >= 0.6 is 0 Å². The molecule has 164 valence electrons. The van der Waals surface area contributed by atoms with E-state index in [1.54, 1.807) is 17.2 Å². The van der Waals surface area contributed by atoms with Crippen molar-refractivity contribution in [2.24, 2.45) is 5.92 Å². The van der Waals surface area contributed by atoms with Gasteiger partial charge < -0.3 is 9.80 Å². The van der Waals surface area contributed by atoms with E-state index in [0.717, 1.165) is 40.3 Å². The van der Waals surface area contributed by atoms with E-state index in [0.29, 0.717) is 18.7 Å². The molecule has 6 rings (SSSR count). The summed E-state index contributed by atoms with van der Waals surface area (Å²) >= 11 is 0. The van der Waals surface area contributed by atoms with Gasteiger partial charge in [0.2, 0.25) is 5.95 Å². The first-order chi connectivity index (χ1) is 16.1. The van der Waals surface area contributed by atoms with Gasteiger partial charge >= 0.3 is 0 Å². The minimum Gasteiger partial charge on any atom is -0.334 e. The molecule has 1 unspecified atom stereocenters. The molecule has 1 atom stereocenters. The van der Waals surface area contributed by atoms with Crippen LogP contribution in [0.4, 0.5) is 5.95 Å². The molecule has 0 aliphatic carbocycles. The summed E-state index contributed by atoms with van der Waals surface area (Å²) in [6.07, 6.45) is 5.37. The van der Waals surface area contributed by atoms with Crippen LogP contribution in [0.15, 0.2) is 66.6 Å². The fourth-order valence-electron chi connectivity index (χ4n) is 4.88. The monoisotopic (exact) mass is 437 g/mol. The number of anilines is 1. The minimum absolute atomic E-state index is 0.00227. The molecule has 2 aliphatic rings. The Hall–Kier alpha value is -4.07. The lowest BCUT2D eigenvalue weighted by Crippen LogP contribution is -2.32. The molecule has 4 heterocycles. The molecule has 1 amide bonds. The zero-order chi connectivity index (χ0) is 22.5. The highest BCUT2D eigenvalue weighted by molar-refractivity contribution is 6.05. The highest BCUT2D eigenvalue weighted by atomic mass is 16.2. The van der Waals surface area contributed by atoms with E-state index in [9.17, 15) is 4.79 Å². The van der Waals surface area contributed by atoms with Gasteiger partial charge in [0.15, 0.2) is 0 Å². The molecule has 1 fully saturated rings. The highest BCUT2D eigenvalue weighted by Crippen LogP contribution is 2.34. The van der Waals surface area contributed by atoms with E-state index in [4.69, 9.17) is 0 Å². The number of aryl methyl sites for hydroxylation is 2. The van der Waals surface area contributed by atoms with Crippen molar-refractivity contribution in [3.8, 4) is 5.69 Å². The lowest BCUT2D eigenvalue weighted by molar-refractivity contribution is 0.0789. The standard InChI is InChI=1S/C25H23N7O/c1-16-11-17(2)29-25(28-16)31-14-19-12-30(13-20(19)15-31)24(33)22-8-7-18-5-3-4-6-21(18)23(22)32-26-9-10-27-32/h3-11,14,20H,12-13,15H2,1-2H3. The Morgan fingerprint density at radius 2 is 1.73 bits per heavy atom. The normalized spacial score (nSPS) is 17.5. The van der Waals surface area contributed by atoms with E-state index in [1.807, 2.05) is 61.2 Å². The lowest BCUT2D eigenvalue weighted by atomic mass is 10.0. The van der Waals surface area contributed by atoms with Gasteiger partial charge in [-0.2, -0.15) is 15.0 Å². The number of nitrogens with zero attached hydrogens (tertiary/aromatic N) is 7. The number of hydrogen-bond acceptors (Lipinski definition) is 6. The summed E-state index contributed by atoms with van der Waals surface area (Å²) in [6.45, 7) is 6.03. The molecule has 8 nitrogen and oxygen atoms in total. The second kappa shape index (κ2) is 7.51. The minimum atomic E-state index is -0.00227. The number of aromatic nitrogens is 5. The predicted molar refractivity (Wildman–Crippen MR) is 125 cm³/mol. The molecule has 0 saturated carbocycles. The van der Waals surface area contributed by atoms with Crippen molar-refractivity contribution in [2.75, 3.05) is 24.5 Å². The van der Waals surface area contributed by atoms with Gasteiger partial charge in [-0.3, -0.25) is 4.79 Å². The number of carbonyl (C=O) groups excluding carboxylic acids is 1. The summed E-state index contributed by atoms with van der Waals surface area (Å²) in [5, 5.41) is 10.7. The van der Waals surface area contributed by atoms with Crippen molar-refractivity contribution in [3.05, 3.63) is 83.6 Å². The van der Waals surface area contributed by atoms with Crippen LogP contribution in [-0.2, 0) is 0 Å². The van der Waals surface area contributed by atoms with Crippen LogP contribution in [0.2, 0.25) is 0 Å². The number of carbonyl (C=O) groups is 1. The molecule has 2 aromatic carbocycles. The van der Waals surface area contributed by atoms with Crippen LogP contribution in [0.25, 0.3) is 16.5 Å². The van der Waals surface area contributed by atoms with Gasteiger partial charge in [-0.05, 0) is 36.9 Å². The second-order valence-electron chi connectivity index (χ2n) is 8.69. The number of amides is 1. The van der Waals surface area contributed by atoms with Gasteiger partial charge in [-0.15, -0.1) is 0 Å². The molecular weight excluding hydrogens is 414 g/mol. The van der Waals surface area contributed by atoms with Gasteiger partial charge in [0.25, 0.3) is 5.91 Å². The van der Waals surface area contributed by atoms with Crippen molar-refractivity contribution in [2.45, 2.75) is 13.8 Å². The third kappa shape index (κ3) is 3.34. The maximum atomic E-state index is 13.7. The van der Waals surface area contributed by atoms with Gasteiger partial charge in [0.05, 0.1) is 18.0 Å². The summed E-state index contributed by atoms with van der Waals surface area (Å²) < 4.78 is 0. The third-order valence-corrected chi connectivity index (χ3v) is 6.34. The first kappa shape index (κ1) is 19.6. The van der Waals surface area contributed by atoms with Crippen molar-refractivity contribution >= 4 is 22.6 Å². The van der Waals surface area contributed by atoms with Crippen molar-refractivity contribution in [1.82, 2.24) is 29.9 Å². The number of benzene rings is 2. The summed E-state index contributed by atoms with van der Waals surface area (Å²) in [7, 11) is 0. The Morgan fingerprint density at radius 3 is 2.48 bits per heavy atom. The Kier molecular flexibility index (Phi) is 4.46. The SMILES string of the molecule is Cc1cc(C)nc(N2C=C3CN(C(=O)c4ccc5ccccc5c4-n4nccn4)CC3C2)n1. The summed E-state index contributed by atoms with van der Waals surface area (Å²) in [4.78, 5) is 28.4. The van der Waals surface area contributed by atoms with Crippen molar-refractivity contribution in [3.63, 3.8) is 0 Å². The van der Waals surface area contributed by atoms with E-state index >= 15 is 0 Å². The number of likely N-dealkylation sites (tertiary alicyclic amines) is 1. The van der Waals surface area contributed by atoms with Crippen LogP contribution in [0.3, 0.4) is 0 Å². The Labute approximate surface area is 191 Å². The van der Waals surface area contributed by atoms with Crippen molar-refractivity contribution in [1.29, 1.82) is 0 Å². The van der Waals surface area contributed by atoms with Gasteiger partial charge in [-0.25, -0.2) is 9.97 Å². The largest absolute Gasteiger partial charge is 0.334 e. The topological polar surface area (TPSA) is 80.0 Å². The fraction of sp³-hybridized carbons (Fsp3) is 0.240. The Bertz CT molecular complexity index is 1390. The van der Waals surface area contributed by atoms with Crippen molar-refractivity contribution < 1.29 is 4.79 Å². The van der Waals surface area contributed by atoms with E-state index in [-0.39, 0.29) is 11.8 Å². The first-order valence-electron chi connectivity index (χ1n) is 11.0. The van der Waals surface area contributed by atoms with Crippen LogP contribution in [0.1, 0.15) is 21.7 Å². The van der Waals surface area contributed by atoms with Gasteiger partial charge in [-0.1, -0.05) is 30.3 Å². The molecular formula is C25H23N7O. The smallest absolute Gasteiger partial charge is 0.256 e. The average molecular weight is 438 g/mol. The molecule has 33 heavy (non-hydrogen) atoms. The van der Waals surface area contributed by atoms with E-state index < -0.39 is 0 Å². The average Bonchev–Trinajstić information content (AvgIpc) is 3.54. The maximum Gasteiger partial charge on any atom is 0.256 e. The quantitative estimate of drug-likeness (QED) is 0.489.